The second kappa shape index (κ2) is 3.52. The van der Waals surface area contributed by atoms with E-state index < -0.39 is 0 Å². The van der Waals surface area contributed by atoms with E-state index in [9.17, 15) is 4.79 Å². The van der Waals surface area contributed by atoms with Crippen LogP contribution in [-0.2, 0) is 4.79 Å². The zero-order valence-corrected chi connectivity index (χ0v) is 8.65. The van der Waals surface area contributed by atoms with Crippen LogP contribution in [-0.4, -0.2) is 22.5 Å². The number of hydrogen-bond donors (Lipinski definition) is 0. The lowest BCUT2D eigenvalue weighted by molar-refractivity contribution is -0.122. The first-order chi connectivity index (χ1) is 5.55. The first-order valence-corrected chi connectivity index (χ1v) is 5.13. The molecule has 0 saturated carbocycles. The van der Waals surface area contributed by atoms with Gasteiger partial charge in [0.2, 0.25) is 0 Å². The Hall–Kier alpha value is -0.440. The summed E-state index contributed by atoms with van der Waals surface area (Å²) in [7, 11) is 0. The van der Waals surface area contributed by atoms with E-state index in [2.05, 4.69) is 20.8 Å². The van der Waals surface area contributed by atoms with Crippen molar-refractivity contribution in [3.8, 4) is 0 Å². The van der Waals surface area contributed by atoms with Crippen LogP contribution in [0.3, 0.4) is 0 Å². The van der Waals surface area contributed by atoms with Crippen LogP contribution in [0, 0.1) is 5.41 Å². The fourth-order valence-electron chi connectivity index (χ4n) is 1.15. The molecule has 0 aromatic rings. The van der Waals surface area contributed by atoms with E-state index in [1.54, 1.807) is 18.0 Å². The maximum Gasteiger partial charge on any atom is 0.256 e. The lowest BCUT2D eigenvalue weighted by Crippen LogP contribution is -2.36. The van der Waals surface area contributed by atoms with Crippen molar-refractivity contribution in [3.05, 3.63) is 12.2 Å². The zero-order chi connectivity index (χ0) is 9.19. The molecule has 0 aliphatic carbocycles. The summed E-state index contributed by atoms with van der Waals surface area (Å²) < 4.78 is 1.83. The maximum atomic E-state index is 11.3. The summed E-state index contributed by atoms with van der Waals surface area (Å²) in [5, 5.41) is 0. The highest BCUT2D eigenvalue weighted by Gasteiger charge is 2.26. The fraction of sp³-hybridized carbons (Fsp3) is 0.667. The van der Waals surface area contributed by atoms with Gasteiger partial charge in [-0.1, -0.05) is 26.8 Å². The van der Waals surface area contributed by atoms with Gasteiger partial charge in [0.1, 0.15) is 0 Å². The van der Waals surface area contributed by atoms with Crippen LogP contribution in [0.5, 0.6) is 0 Å². The van der Waals surface area contributed by atoms with Gasteiger partial charge in [-0.25, -0.2) is 0 Å². The van der Waals surface area contributed by atoms with Gasteiger partial charge >= 0.3 is 0 Å². The Morgan fingerprint density at radius 1 is 1.67 bits per heavy atom. The van der Waals surface area contributed by atoms with Gasteiger partial charge in [-0.2, -0.15) is 0 Å². The molecule has 0 bridgehead atoms. The summed E-state index contributed by atoms with van der Waals surface area (Å²) in [6.07, 6.45) is 3.66. The van der Waals surface area contributed by atoms with Gasteiger partial charge in [0, 0.05) is 23.8 Å². The number of nitrogens with zero attached hydrogens (tertiary/aromatic N) is 1. The third-order valence-corrected chi connectivity index (χ3v) is 2.64. The van der Waals surface area contributed by atoms with E-state index in [0.29, 0.717) is 0 Å². The summed E-state index contributed by atoms with van der Waals surface area (Å²) in [6.45, 7) is 7.16. The molecule has 0 N–H and O–H groups in total. The molecule has 3 heteroatoms. The van der Waals surface area contributed by atoms with Crippen molar-refractivity contribution in [1.29, 1.82) is 0 Å². The molecule has 2 nitrogen and oxygen atoms in total. The van der Waals surface area contributed by atoms with E-state index in [-0.39, 0.29) is 11.3 Å². The van der Waals surface area contributed by atoms with Crippen LogP contribution in [0.15, 0.2) is 12.2 Å². The summed E-state index contributed by atoms with van der Waals surface area (Å²) in [5.74, 6) is 1.08. The molecule has 1 aliphatic heterocycles. The average molecular weight is 185 g/mol. The molecule has 0 radical (unpaired) electrons. The smallest absolute Gasteiger partial charge is 0.256 e. The highest BCUT2D eigenvalue weighted by molar-refractivity contribution is 7.97. The highest BCUT2D eigenvalue weighted by Crippen LogP contribution is 2.27. The number of hydrogen-bond acceptors (Lipinski definition) is 2. The third kappa shape index (κ3) is 2.27. The Kier molecular flexibility index (Phi) is 2.83. The van der Waals surface area contributed by atoms with Crippen LogP contribution < -0.4 is 0 Å². The topological polar surface area (TPSA) is 20.3 Å². The lowest BCUT2D eigenvalue weighted by Gasteiger charge is -2.32. The quantitative estimate of drug-likeness (QED) is 0.614. The third-order valence-electron chi connectivity index (χ3n) is 1.76. The molecule has 0 aromatic heterocycles. The number of carbonyl (C=O) groups excluding carboxylic acids is 1. The van der Waals surface area contributed by atoms with Crippen LogP contribution in [0.2, 0.25) is 0 Å². The van der Waals surface area contributed by atoms with Crippen molar-refractivity contribution in [2.24, 2.45) is 5.41 Å². The summed E-state index contributed by atoms with van der Waals surface area (Å²) in [6, 6.07) is 0. The van der Waals surface area contributed by atoms with E-state index in [4.69, 9.17) is 0 Å². The predicted molar refractivity (Wildman–Crippen MR) is 52.8 cm³/mol. The maximum absolute atomic E-state index is 11.3. The highest BCUT2D eigenvalue weighted by atomic mass is 32.2. The lowest BCUT2D eigenvalue weighted by atomic mass is 9.91. The van der Waals surface area contributed by atoms with Crippen molar-refractivity contribution in [3.63, 3.8) is 0 Å². The largest absolute Gasteiger partial charge is 0.282 e. The SMILES string of the molecule is CCSN1CC(C)(C)C=CC1=O. The summed E-state index contributed by atoms with van der Waals surface area (Å²) >= 11 is 1.60. The molecule has 0 spiro atoms. The monoisotopic (exact) mass is 185 g/mol. The minimum absolute atomic E-state index is 0.126. The average Bonchev–Trinajstić information content (AvgIpc) is 1.97. The Bertz CT molecular complexity index is 211. The van der Waals surface area contributed by atoms with Crippen LogP contribution in [0.25, 0.3) is 0 Å². The Morgan fingerprint density at radius 2 is 2.33 bits per heavy atom. The van der Waals surface area contributed by atoms with E-state index >= 15 is 0 Å². The summed E-state index contributed by atoms with van der Waals surface area (Å²) in [4.78, 5) is 11.3. The summed E-state index contributed by atoms with van der Waals surface area (Å²) in [5.41, 5.74) is 0.135. The van der Waals surface area contributed by atoms with Crippen molar-refractivity contribution >= 4 is 17.9 Å². The first-order valence-electron chi connectivity index (χ1n) is 4.19. The minimum atomic E-state index is 0.126. The van der Waals surface area contributed by atoms with E-state index in [1.165, 1.54) is 0 Å². The number of amides is 1. The molecule has 0 aromatic carbocycles. The van der Waals surface area contributed by atoms with Gasteiger partial charge in [0.25, 0.3) is 5.91 Å². The Morgan fingerprint density at radius 3 is 2.92 bits per heavy atom. The molecular weight excluding hydrogens is 170 g/mol. The molecular formula is C9H15NOS. The molecule has 68 valence electrons. The molecule has 1 rings (SSSR count). The molecule has 12 heavy (non-hydrogen) atoms. The van der Waals surface area contributed by atoms with Crippen molar-refractivity contribution in [1.82, 2.24) is 4.31 Å². The predicted octanol–water partition coefficient (Wildman–Crippen LogP) is 2.08. The van der Waals surface area contributed by atoms with Gasteiger partial charge in [0.15, 0.2) is 0 Å². The van der Waals surface area contributed by atoms with Crippen LogP contribution in [0.4, 0.5) is 0 Å². The van der Waals surface area contributed by atoms with Gasteiger partial charge in [-0.05, 0) is 11.9 Å². The second-order valence-electron chi connectivity index (χ2n) is 3.61. The number of rotatable bonds is 2. The zero-order valence-electron chi connectivity index (χ0n) is 7.83. The first kappa shape index (κ1) is 9.65. The van der Waals surface area contributed by atoms with Crippen molar-refractivity contribution in [2.45, 2.75) is 20.8 Å². The minimum Gasteiger partial charge on any atom is -0.282 e. The molecule has 1 aliphatic rings. The van der Waals surface area contributed by atoms with E-state index in [1.807, 2.05) is 10.4 Å². The van der Waals surface area contributed by atoms with Gasteiger partial charge in [0.05, 0.1) is 0 Å². The molecule has 0 saturated heterocycles. The standard InChI is InChI=1S/C9H15NOS/c1-4-12-10-7-9(2,3)6-5-8(10)11/h5-6H,4,7H2,1-3H3. The van der Waals surface area contributed by atoms with Crippen molar-refractivity contribution < 1.29 is 4.79 Å². The molecule has 1 heterocycles. The Labute approximate surface area is 78.1 Å². The second-order valence-corrected chi connectivity index (χ2v) is 4.89. The molecule has 0 fully saturated rings. The normalized spacial score (nSPS) is 21.6. The van der Waals surface area contributed by atoms with Gasteiger partial charge < -0.3 is 0 Å². The van der Waals surface area contributed by atoms with Crippen molar-refractivity contribution in [2.75, 3.05) is 12.3 Å². The van der Waals surface area contributed by atoms with Gasteiger partial charge in [-0.3, -0.25) is 9.10 Å². The van der Waals surface area contributed by atoms with Gasteiger partial charge in [-0.15, -0.1) is 0 Å². The molecule has 0 unspecified atom stereocenters. The molecule has 0 atom stereocenters. The Balaban J connectivity index is 2.67. The van der Waals surface area contributed by atoms with Crippen LogP contribution in [0.1, 0.15) is 20.8 Å². The fourth-order valence-corrected chi connectivity index (χ4v) is 2.07. The van der Waals surface area contributed by atoms with E-state index in [0.717, 1.165) is 12.3 Å². The van der Waals surface area contributed by atoms with Crippen LogP contribution >= 0.6 is 11.9 Å². The number of carbonyl (C=O) groups is 1. The molecule has 1 amide bonds.